The lowest BCUT2D eigenvalue weighted by molar-refractivity contribution is -0.133. The summed E-state index contributed by atoms with van der Waals surface area (Å²) in [5.74, 6) is 2.24. The normalized spacial score (nSPS) is 26.5. The first-order chi connectivity index (χ1) is 12.7. The second-order valence-corrected chi connectivity index (χ2v) is 7.90. The van der Waals surface area contributed by atoms with Crippen LogP contribution in [-0.2, 0) is 4.79 Å². The zero-order valence-corrected chi connectivity index (χ0v) is 15.2. The Morgan fingerprint density at radius 3 is 2.81 bits per heavy atom. The number of nitriles is 1. The van der Waals surface area contributed by atoms with Crippen LogP contribution in [0.2, 0.25) is 0 Å². The van der Waals surface area contributed by atoms with Gasteiger partial charge in [0, 0.05) is 38.4 Å². The summed E-state index contributed by atoms with van der Waals surface area (Å²) in [4.78, 5) is 21.3. The summed E-state index contributed by atoms with van der Waals surface area (Å²) < 4.78 is 0. The molecule has 1 aromatic heterocycles. The predicted octanol–water partition coefficient (Wildman–Crippen LogP) is 2.09. The second-order valence-electron chi connectivity index (χ2n) is 7.90. The van der Waals surface area contributed by atoms with Crippen LogP contribution in [-0.4, -0.2) is 59.5 Å². The van der Waals surface area contributed by atoms with Gasteiger partial charge >= 0.3 is 0 Å². The van der Waals surface area contributed by atoms with Crippen LogP contribution in [0.4, 0.5) is 5.82 Å². The first kappa shape index (κ1) is 17.3. The Morgan fingerprint density at radius 1 is 1.27 bits per heavy atom. The van der Waals surface area contributed by atoms with Gasteiger partial charge in [-0.15, -0.1) is 0 Å². The first-order valence-corrected chi connectivity index (χ1v) is 9.86. The smallest absolute Gasteiger partial charge is 0.236 e. The fourth-order valence-electron chi connectivity index (χ4n) is 4.42. The Balaban J connectivity index is 1.40. The van der Waals surface area contributed by atoms with Gasteiger partial charge in [0.1, 0.15) is 11.9 Å². The molecule has 6 nitrogen and oxygen atoms in total. The molecule has 1 aliphatic carbocycles. The highest BCUT2D eigenvalue weighted by Gasteiger charge is 2.43. The number of amides is 1. The van der Waals surface area contributed by atoms with E-state index in [0.717, 1.165) is 44.9 Å². The molecule has 0 radical (unpaired) electrons. The monoisotopic (exact) mass is 353 g/mol. The number of nitrogens with zero attached hydrogens (tertiary/aromatic N) is 4. The summed E-state index contributed by atoms with van der Waals surface area (Å²) in [6, 6.07) is 6.07. The SMILES string of the molecule is N#Cc1cccnc1N[C@@H]1CN(CC(=O)N2CCCCC2)C[C@H]1C1CC1. The second kappa shape index (κ2) is 7.63. The van der Waals surface area contributed by atoms with Crippen LogP contribution in [0.5, 0.6) is 0 Å². The molecule has 1 saturated carbocycles. The van der Waals surface area contributed by atoms with Crippen molar-refractivity contribution in [3.05, 3.63) is 23.9 Å². The molecule has 0 unspecified atom stereocenters. The fraction of sp³-hybridized carbons (Fsp3) is 0.650. The van der Waals surface area contributed by atoms with Crippen LogP contribution < -0.4 is 5.32 Å². The molecule has 1 amide bonds. The van der Waals surface area contributed by atoms with Gasteiger partial charge in [-0.3, -0.25) is 9.69 Å². The van der Waals surface area contributed by atoms with E-state index in [1.165, 1.54) is 19.3 Å². The third kappa shape index (κ3) is 3.83. The summed E-state index contributed by atoms with van der Waals surface area (Å²) in [6.45, 7) is 4.17. The highest BCUT2D eigenvalue weighted by molar-refractivity contribution is 5.78. The molecule has 3 aliphatic rings. The van der Waals surface area contributed by atoms with E-state index in [0.29, 0.717) is 23.8 Å². The third-order valence-electron chi connectivity index (χ3n) is 5.99. The number of piperidine rings is 1. The van der Waals surface area contributed by atoms with E-state index in [1.807, 2.05) is 4.90 Å². The van der Waals surface area contributed by atoms with Crippen molar-refractivity contribution in [3.63, 3.8) is 0 Å². The molecule has 26 heavy (non-hydrogen) atoms. The molecule has 2 aliphatic heterocycles. The van der Waals surface area contributed by atoms with E-state index in [2.05, 4.69) is 21.3 Å². The molecule has 1 N–H and O–H groups in total. The molecule has 3 fully saturated rings. The van der Waals surface area contributed by atoms with E-state index in [-0.39, 0.29) is 11.9 Å². The van der Waals surface area contributed by atoms with Gasteiger partial charge in [0.05, 0.1) is 12.1 Å². The van der Waals surface area contributed by atoms with Crippen LogP contribution in [0.3, 0.4) is 0 Å². The summed E-state index contributed by atoms with van der Waals surface area (Å²) in [6.07, 6.45) is 7.80. The highest BCUT2D eigenvalue weighted by atomic mass is 16.2. The van der Waals surface area contributed by atoms with E-state index >= 15 is 0 Å². The maximum absolute atomic E-state index is 12.6. The lowest BCUT2D eigenvalue weighted by atomic mass is 9.98. The minimum absolute atomic E-state index is 0.263. The summed E-state index contributed by atoms with van der Waals surface area (Å²) in [5.41, 5.74) is 0.588. The van der Waals surface area contributed by atoms with Crippen LogP contribution in [0, 0.1) is 23.2 Å². The predicted molar refractivity (Wildman–Crippen MR) is 99.4 cm³/mol. The van der Waals surface area contributed by atoms with Crippen molar-refractivity contribution in [2.24, 2.45) is 11.8 Å². The Labute approximate surface area is 155 Å². The molecule has 4 rings (SSSR count). The Hall–Kier alpha value is -2.13. The topological polar surface area (TPSA) is 72.3 Å². The molecule has 2 atom stereocenters. The van der Waals surface area contributed by atoms with Gasteiger partial charge in [-0.2, -0.15) is 5.26 Å². The van der Waals surface area contributed by atoms with E-state index < -0.39 is 0 Å². The average Bonchev–Trinajstić information content (AvgIpc) is 3.45. The molecule has 1 aromatic rings. The van der Waals surface area contributed by atoms with E-state index in [4.69, 9.17) is 0 Å². The molecular weight excluding hydrogens is 326 g/mol. The fourth-order valence-corrected chi connectivity index (χ4v) is 4.42. The summed E-state index contributed by atoms with van der Waals surface area (Å²) in [7, 11) is 0. The van der Waals surface area contributed by atoms with Gasteiger partial charge in [-0.1, -0.05) is 0 Å². The van der Waals surface area contributed by atoms with Crippen molar-refractivity contribution in [2.75, 3.05) is 38.0 Å². The van der Waals surface area contributed by atoms with Gasteiger partial charge in [-0.25, -0.2) is 4.98 Å². The van der Waals surface area contributed by atoms with Crippen molar-refractivity contribution in [2.45, 2.75) is 38.1 Å². The van der Waals surface area contributed by atoms with Crippen molar-refractivity contribution in [1.29, 1.82) is 5.26 Å². The molecule has 6 heteroatoms. The third-order valence-corrected chi connectivity index (χ3v) is 5.99. The van der Waals surface area contributed by atoms with Gasteiger partial charge in [0.15, 0.2) is 0 Å². The Bertz CT molecular complexity index is 690. The standard InChI is InChI=1S/C20H27N5O/c21-11-16-5-4-8-22-20(16)23-18-13-24(12-17(18)15-6-7-15)14-19(26)25-9-2-1-3-10-25/h4-5,8,15,17-18H,1-3,6-7,9-10,12-14H2,(H,22,23)/t17-,18+/m0/s1. The maximum atomic E-state index is 12.6. The van der Waals surface area contributed by atoms with Crippen LogP contribution >= 0.6 is 0 Å². The van der Waals surface area contributed by atoms with Crippen molar-refractivity contribution in [3.8, 4) is 6.07 Å². The number of hydrogen-bond donors (Lipinski definition) is 1. The zero-order valence-electron chi connectivity index (χ0n) is 15.2. The number of anilines is 1. The van der Waals surface area contributed by atoms with Gasteiger partial charge in [0.2, 0.25) is 5.91 Å². The molecule has 3 heterocycles. The van der Waals surface area contributed by atoms with Gasteiger partial charge in [0.25, 0.3) is 0 Å². The van der Waals surface area contributed by atoms with Crippen LogP contribution in [0.25, 0.3) is 0 Å². The molecule has 0 aromatic carbocycles. The van der Waals surface area contributed by atoms with Crippen molar-refractivity contribution < 1.29 is 4.79 Å². The molecule has 138 valence electrons. The Morgan fingerprint density at radius 2 is 2.08 bits per heavy atom. The lowest BCUT2D eigenvalue weighted by Crippen LogP contribution is -2.42. The molecule has 2 saturated heterocycles. The van der Waals surface area contributed by atoms with Crippen LogP contribution in [0.15, 0.2) is 18.3 Å². The highest BCUT2D eigenvalue weighted by Crippen LogP contribution is 2.42. The Kier molecular flexibility index (Phi) is 5.07. The zero-order chi connectivity index (χ0) is 17.9. The average molecular weight is 353 g/mol. The number of nitrogens with one attached hydrogen (secondary N) is 1. The summed E-state index contributed by atoms with van der Waals surface area (Å²) in [5, 5.41) is 12.8. The quantitative estimate of drug-likeness (QED) is 0.877. The number of pyridine rings is 1. The molecule has 0 bridgehead atoms. The number of rotatable bonds is 5. The minimum Gasteiger partial charge on any atom is -0.365 e. The number of likely N-dealkylation sites (tertiary alicyclic amines) is 2. The van der Waals surface area contributed by atoms with E-state index in [1.54, 1.807) is 18.3 Å². The maximum Gasteiger partial charge on any atom is 0.236 e. The minimum atomic E-state index is 0.263. The number of aromatic nitrogens is 1. The summed E-state index contributed by atoms with van der Waals surface area (Å²) >= 11 is 0. The van der Waals surface area contributed by atoms with Gasteiger partial charge < -0.3 is 10.2 Å². The lowest BCUT2D eigenvalue weighted by Gasteiger charge is -2.28. The molecular formula is C20H27N5O. The number of hydrogen-bond acceptors (Lipinski definition) is 5. The van der Waals surface area contributed by atoms with Crippen molar-refractivity contribution in [1.82, 2.24) is 14.8 Å². The largest absolute Gasteiger partial charge is 0.365 e. The number of carbonyl (C=O) groups is 1. The van der Waals surface area contributed by atoms with E-state index in [9.17, 15) is 10.1 Å². The van der Waals surface area contributed by atoms with Gasteiger partial charge in [-0.05, 0) is 56.1 Å². The first-order valence-electron chi connectivity index (χ1n) is 9.86. The number of carbonyl (C=O) groups excluding carboxylic acids is 1. The van der Waals surface area contributed by atoms with Crippen molar-refractivity contribution >= 4 is 11.7 Å². The van der Waals surface area contributed by atoms with Crippen LogP contribution in [0.1, 0.15) is 37.7 Å². The molecule has 0 spiro atoms.